The first-order valence-corrected chi connectivity index (χ1v) is 2.65. The fourth-order valence-electron chi connectivity index (χ4n) is 0.167. The molecule has 1 aliphatic carbocycles. The van der Waals surface area contributed by atoms with Gasteiger partial charge >= 0.3 is 0 Å². The van der Waals surface area contributed by atoms with E-state index in [2.05, 4.69) is 12.2 Å². The minimum absolute atomic E-state index is 1.32. The summed E-state index contributed by atoms with van der Waals surface area (Å²) in [6.45, 7) is 4.00. The minimum Gasteiger partial charge on any atom is -0.0882 e. The van der Waals surface area contributed by atoms with Crippen molar-refractivity contribution >= 4 is 0 Å². The van der Waals surface area contributed by atoms with Gasteiger partial charge in [0.2, 0.25) is 0 Å². The quantitative estimate of drug-likeness (QED) is 0.395. The van der Waals surface area contributed by atoms with E-state index < -0.39 is 0 Å². The number of allylic oxidation sites excluding steroid dienone is 2. The van der Waals surface area contributed by atoms with Crippen LogP contribution in [0, 0.1) is 0 Å². The first-order chi connectivity index (χ1) is 3.00. The highest BCUT2D eigenvalue weighted by atomic mass is 13.9. The summed E-state index contributed by atoms with van der Waals surface area (Å²) >= 11 is 0. The molecule has 36 valence electrons. The van der Waals surface area contributed by atoms with Crippen LogP contribution in [-0.2, 0) is 0 Å². The van der Waals surface area contributed by atoms with Gasteiger partial charge in [-0.3, -0.25) is 0 Å². The van der Waals surface area contributed by atoms with E-state index >= 15 is 0 Å². The molecule has 0 aromatic carbocycles. The van der Waals surface area contributed by atoms with Gasteiger partial charge in [-0.2, -0.15) is 0 Å². The predicted octanol–water partition coefficient (Wildman–Crippen LogP) is 2.36. The highest BCUT2D eigenvalue weighted by Gasteiger charge is 1.81. The van der Waals surface area contributed by atoms with E-state index in [-0.39, 0.29) is 0 Å². The third-order valence-electron chi connectivity index (χ3n) is 0.667. The molecule has 6 heavy (non-hydrogen) atoms. The lowest BCUT2D eigenvalue weighted by molar-refractivity contribution is 0.962. The number of hydrogen-bond donors (Lipinski definition) is 0. The number of rotatable bonds is 0. The Bertz CT molecular complexity index is 29.3. The summed E-state index contributed by atoms with van der Waals surface area (Å²) in [6.07, 6.45) is 7.00. The first-order valence-electron chi connectivity index (χ1n) is 2.65. The van der Waals surface area contributed by atoms with Crippen molar-refractivity contribution in [3.8, 4) is 0 Å². The normalized spacial score (nSPS) is 14.3. The molecular formula is C6H12. The van der Waals surface area contributed by atoms with Gasteiger partial charge in [0, 0.05) is 0 Å². The van der Waals surface area contributed by atoms with E-state index in [0.29, 0.717) is 0 Å². The van der Waals surface area contributed by atoms with Gasteiger partial charge in [-0.25, -0.2) is 0 Å². The van der Waals surface area contributed by atoms with E-state index in [1.165, 1.54) is 12.8 Å². The van der Waals surface area contributed by atoms with Crippen LogP contribution in [0.1, 0.15) is 26.7 Å². The number of hydrogen-bond acceptors (Lipinski definition) is 0. The lowest BCUT2D eigenvalue weighted by Gasteiger charge is -1.92. The minimum atomic E-state index is 1.32. The Kier molecular flexibility index (Phi) is 4.53. The van der Waals surface area contributed by atoms with Crippen molar-refractivity contribution < 1.29 is 0 Å². The van der Waals surface area contributed by atoms with Gasteiger partial charge in [0.05, 0.1) is 0 Å². The molecule has 0 atom stereocenters. The molecule has 0 heterocycles. The SMILES string of the molecule is C1=CCC1.CC. The van der Waals surface area contributed by atoms with Crippen molar-refractivity contribution in [3.05, 3.63) is 12.2 Å². The largest absolute Gasteiger partial charge is 0.0882 e. The van der Waals surface area contributed by atoms with Gasteiger partial charge < -0.3 is 0 Å². The highest BCUT2D eigenvalue weighted by Crippen LogP contribution is 2.01. The van der Waals surface area contributed by atoms with Crippen LogP contribution in [0.25, 0.3) is 0 Å². The third kappa shape index (κ3) is 2.01. The second-order valence-corrected chi connectivity index (χ2v) is 1.05. The van der Waals surface area contributed by atoms with Crippen LogP contribution in [0.3, 0.4) is 0 Å². The molecule has 0 aromatic heterocycles. The Labute approximate surface area is 39.9 Å². The Balaban J connectivity index is 0.000000112. The molecule has 0 spiro atoms. The summed E-state index contributed by atoms with van der Waals surface area (Å²) in [5.74, 6) is 0. The van der Waals surface area contributed by atoms with Crippen LogP contribution in [-0.4, -0.2) is 0 Å². The Morgan fingerprint density at radius 1 is 1.00 bits per heavy atom. The van der Waals surface area contributed by atoms with Crippen LogP contribution in [0.2, 0.25) is 0 Å². The molecule has 0 aliphatic heterocycles. The van der Waals surface area contributed by atoms with Gasteiger partial charge in [0.1, 0.15) is 0 Å². The van der Waals surface area contributed by atoms with E-state index in [0.717, 1.165) is 0 Å². The molecule has 0 aromatic rings. The fourth-order valence-corrected chi connectivity index (χ4v) is 0.167. The predicted molar refractivity (Wildman–Crippen MR) is 29.7 cm³/mol. The fraction of sp³-hybridized carbons (Fsp3) is 0.667. The van der Waals surface area contributed by atoms with E-state index in [9.17, 15) is 0 Å². The average Bonchev–Trinajstić information content (AvgIpc) is 1.36. The summed E-state index contributed by atoms with van der Waals surface area (Å²) < 4.78 is 0. The van der Waals surface area contributed by atoms with Gasteiger partial charge in [-0.05, 0) is 12.8 Å². The molecule has 0 saturated carbocycles. The first kappa shape index (κ1) is 5.74. The average molecular weight is 84.2 g/mol. The monoisotopic (exact) mass is 84.1 g/mol. The maximum atomic E-state index is 2.18. The lowest BCUT2D eigenvalue weighted by atomic mass is 10.1. The molecule has 0 radical (unpaired) electrons. The van der Waals surface area contributed by atoms with Crippen LogP contribution < -0.4 is 0 Å². The molecule has 0 unspecified atom stereocenters. The van der Waals surface area contributed by atoms with Crippen LogP contribution in [0.4, 0.5) is 0 Å². The third-order valence-corrected chi connectivity index (χ3v) is 0.667. The maximum absolute atomic E-state index is 2.18. The second-order valence-electron chi connectivity index (χ2n) is 1.05. The van der Waals surface area contributed by atoms with E-state index in [1.54, 1.807) is 0 Å². The Morgan fingerprint density at radius 2 is 1.17 bits per heavy atom. The molecule has 0 amide bonds. The topological polar surface area (TPSA) is 0 Å². The van der Waals surface area contributed by atoms with Gasteiger partial charge in [0.25, 0.3) is 0 Å². The molecule has 0 nitrogen and oxygen atoms in total. The zero-order chi connectivity index (χ0) is 4.83. The van der Waals surface area contributed by atoms with Crippen LogP contribution in [0.5, 0.6) is 0 Å². The zero-order valence-electron chi connectivity index (χ0n) is 4.57. The molecule has 0 fully saturated rings. The zero-order valence-corrected chi connectivity index (χ0v) is 4.57. The summed E-state index contributed by atoms with van der Waals surface area (Å²) in [5.41, 5.74) is 0. The second kappa shape index (κ2) is 4.74. The summed E-state index contributed by atoms with van der Waals surface area (Å²) in [4.78, 5) is 0. The molecule has 0 N–H and O–H groups in total. The smallest absolute Gasteiger partial charge is 0.0316 e. The van der Waals surface area contributed by atoms with E-state index in [4.69, 9.17) is 0 Å². The van der Waals surface area contributed by atoms with Crippen molar-refractivity contribution in [2.75, 3.05) is 0 Å². The standard InChI is InChI=1S/C4H6.C2H6/c1-2-4-3-1;1-2/h1-2H,3-4H2;1-2H3. The van der Waals surface area contributed by atoms with Gasteiger partial charge in [-0.1, -0.05) is 26.0 Å². The van der Waals surface area contributed by atoms with Crippen molar-refractivity contribution in [1.29, 1.82) is 0 Å². The molecule has 0 bridgehead atoms. The molecule has 1 aliphatic rings. The van der Waals surface area contributed by atoms with Crippen LogP contribution in [0.15, 0.2) is 12.2 Å². The highest BCUT2D eigenvalue weighted by molar-refractivity contribution is 4.92. The molecule has 0 heteroatoms. The van der Waals surface area contributed by atoms with Crippen molar-refractivity contribution in [2.45, 2.75) is 26.7 Å². The maximum Gasteiger partial charge on any atom is -0.0316 e. The summed E-state index contributed by atoms with van der Waals surface area (Å²) in [6, 6.07) is 0. The Morgan fingerprint density at radius 3 is 1.17 bits per heavy atom. The van der Waals surface area contributed by atoms with Crippen molar-refractivity contribution in [2.24, 2.45) is 0 Å². The van der Waals surface area contributed by atoms with E-state index in [1.807, 2.05) is 13.8 Å². The van der Waals surface area contributed by atoms with Crippen molar-refractivity contribution in [3.63, 3.8) is 0 Å². The molecule has 0 saturated heterocycles. The summed E-state index contributed by atoms with van der Waals surface area (Å²) in [5, 5.41) is 0. The van der Waals surface area contributed by atoms with Crippen molar-refractivity contribution in [1.82, 2.24) is 0 Å². The lowest BCUT2D eigenvalue weighted by Crippen LogP contribution is -1.71. The molecular weight excluding hydrogens is 72.1 g/mol. The van der Waals surface area contributed by atoms with Gasteiger partial charge in [0.15, 0.2) is 0 Å². The molecule has 1 rings (SSSR count). The van der Waals surface area contributed by atoms with Crippen LogP contribution >= 0.6 is 0 Å². The van der Waals surface area contributed by atoms with Gasteiger partial charge in [-0.15, -0.1) is 0 Å². The summed E-state index contributed by atoms with van der Waals surface area (Å²) in [7, 11) is 0. The Hall–Kier alpha value is -0.260.